The molecule has 1 aliphatic rings. The smallest absolute Gasteiger partial charge is 0.258 e. The highest BCUT2D eigenvalue weighted by atomic mass is 35.5. The summed E-state index contributed by atoms with van der Waals surface area (Å²) in [5.74, 6) is -0.0899. The fourth-order valence-electron chi connectivity index (χ4n) is 2.71. The third-order valence-corrected chi connectivity index (χ3v) is 5.79. The van der Waals surface area contributed by atoms with Crippen LogP contribution in [-0.4, -0.2) is 44.4 Å². The van der Waals surface area contributed by atoms with Gasteiger partial charge in [0.2, 0.25) is 10.0 Å². The molecular formula is C16H19ClN4O4S. The number of halogens is 1. The van der Waals surface area contributed by atoms with E-state index in [0.29, 0.717) is 5.82 Å². The minimum Gasteiger partial charge on any atom is -0.383 e. The van der Waals surface area contributed by atoms with Crippen LogP contribution in [0.25, 0.3) is 0 Å². The summed E-state index contributed by atoms with van der Waals surface area (Å²) in [4.78, 5) is 12.5. The minimum absolute atomic E-state index is 0.0458. The molecule has 0 radical (unpaired) electrons. The van der Waals surface area contributed by atoms with Crippen LogP contribution in [0.5, 0.6) is 0 Å². The molecule has 10 heteroatoms. The van der Waals surface area contributed by atoms with Crippen molar-refractivity contribution in [1.29, 1.82) is 0 Å². The number of benzene rings is 1. The Hall–Kier alpha value is -1.94. The summed E-state index contributed by atoms with van der Waals surface area (Å²) in [6.45, 7) is 1.20. The summed E-state index contributed by atoms with van der Waals surface area (Å²) in [7, 11) is -2.29. The van der Waals surface area contributed by atoms with E-state index >= 15 is 0 Å². The Bertz CT molecular complexity index is 905. The molecule has 8 nitrogen and oxygen atoms in total. The van der Waals surface area contributed by atoms with Crippen molar-refractivity contribution in [3.63, 3.8) is 0 Å². The molecule has 2 heterocycles. The maximum absolute atomic E-state index is 12.5. The van der Waals surface area contributed by atoms with Gasteiger partial charge in [0.05, 0.1) is 22.1 Å². The number of anilines is 1. The molecule has 2 N–H and O–H groups in total. The second-order valence-corrected chi connectivity index (χ2v) is 8.01. The summed E-state index contributed by atoms with van der Waals surface area (Å²) < 4.78 is 33.6. The first-order chi connectivity index (χ1) is 12.4. The molecule has 1 aliphatic heterocycles. The first kappa shape index (κ1) is 18.8. The van der Waals surface area contributed by atoms with E-state index in [2.05, 4.69) is 15.1 Å². The lowest BCUT2D eigenvalue weighted by Crippen LogP contribution is -2.27. The first-order valence-corrected chi connectivity index (χ1v) is 9.93. The van der Waals surface area contributed by atoms with Gasteiger partial charge in [-0.05, 0) is 31.0 Å². The van der Waals surface area contributed by atoms with Crippen LogP contribution in [0.15, 0.2) is 29.2 Å². The predicted octanol–water partition coefficient (Wildman–Crippen LogP) is 1.66. The average molecular weight is 399 g/mol. The lowest BCUT2D eigenvalue weighted by Gasteiger charge is -2.09. The Morgan fingerprint density at radius 1 is 1.38 bits per heavy atom. The van der Waals surface area contributed by atoms with Crippen molar-refractivity contribution in [3.05, 3.63) is 40.5 Å². The quantitative estimate of drug-likeness (QED) is 0.690. The average Bonchev–Trinajstić information content (AvgIpc) is 3.16. The Kier molecular flexibility index (Phi) is 5.61. The van der Waals surface area contributed by atoms with Gasteiger partial charge in [-0.2, -0.15) is 5.10 Å². The lowest BCUT2D eigenvalue weighted by molar-refractivity contribution is 0.102. The third kappa shape index (κ3) is 4.07. The van der Waals surface area contributed by atoms with E-state index in [0.717, 1.165) is 25.1 Å². The molecule has 0 spiro atoms. The van der Waals surface area contributed by atoms with Crippen LogP contribution in [0, 0.1) is 0 Å². The standard InChI is InChI=1S/C16H19ClN4O4S/c1-25-8-6-18-26(23,24)12-4-5-14(17)13(10-12)16(22)19-15-9-11-3-2-7-21(11)20-15/h4-5,9-10,18H,2-3,6-8H2,1H3,(H,19,20,22). The monoisotopic (exact) mass is 398 g/mol. The number of ether oxygens (including phenoxy) is 1. The molecule has 0 unspecified atom stereocenters. The van der Waals surface area contributed by atoms with Crippen molar-refractivity contribution in [3.8, 4) is 0 Å². The Balaban J connectivity index is 1.79. The van der Waals surface area contributed by atoms with E-state index in [1.807, 2.05) is 10.7 Å². The van der Waals surface area contributed by atoms with E-state index in [9.17, 15) is 13.2 Å². The summed E-state index contributed by atoms with van der Waals surface area (Å²) in [6.07, 6.45) is 1.96. The van der Waals surface area contributed by atoms with Gasteiger partial charge in [-0.1, -0.05) is 11.6 Å². The van der Waals surface area contributed by atoms with Crippen molar-refractivity contribution in [1.82, 2.24) is 14.5 Å². The van der Waals surface area contributed by atoms with E-state index in [-0.39, 0.29) is 28.6 Å². The van der Waals surface area contributed by atoms with Crippen molar-refractivity contribution in [2.45, 2.75) is 24.3 Å². The molecule has 0 saturated heterocycles. The SMILES string of the molecule is COCCNS(=O)(=O)c1ccc(Cl)c(C(=O)Nc2cc3n(n2)CCC3)c1. The van der Waals surface area contributed by atoms with Gasteiger partial charge < -0.3 is 10.1 Å². The number of aryl methyl sites for hydroxylation is 2. The van der Waals surface area contributed by atoms with Gasteiger partial charge in [-0.15, -0.1) is 0 Å². The molecule has 0 atom stereocenters. The zero-order valence-corrected chi connectivity index (χ0v) is 15.7. The normalized spacial score (nSPS) is 13.6. The van der Waals surface area contributed by atoms with Gasteiger partial charge in [0.1, 0.15) is 0 Å². The van der Waals surface area contributed by atoms with Gasteiger partial charge in [-0.25, -0.2) is 13.1 Å². The number of aromatic nitrogens is 2. The first-order valence-electron chi connectivity index (χ1n) is 8.07. The van der Waals surface area contributed by atoms with Gasteiger partial charge in [0.15, 0.2) is 5.82 Å². The Morgan fingerprint density at radius 2 is 2.19 bits per heavy atom. The maximum Gasteiger partial charge on any atom is 0.258 e. The topological polar surface area (TPSA) is 102 Å². The molecule has 0 saturated carbocycles. The number of fused-ring (bicyclic) bond motifs is 1. The molecule has 0 bridgehead atoms. The summed E-state index contributed by atoms with van der Waals surface area (Å²) in [5, 5.41) is 7.13. The summed E-state index contributed by atoms with van der Waals surface area (Å²) >= 11 is 6.09. The highest BCUT2D eigenvalue weighted by Crippen LogP contribution is 2.23. The van der Waals surface area contributed by atoms with E-state index < -0.39 is 15.9 Å². The van der Waals surface area contributed by atoms with Gasteiger partial charge >= 0.3 is 0 Å². The number of carbonyl (C=O) groups excluding carboxylic acids is 1. The second kappa shape index (κ2) is 7.75. The minimum atomic E-state index is -3.76. The molecule has 0 aliphatic carbocycles. The largest absolute Gasteiger partial charge is 0.383 e. The van der Waals surface area contributed by atoms with E-state index in [4.69, 9.17) is 16.3 Å². The van der Waals surface area contributed by atoms with Crippen molar-refractivity contribution in [2.75, 3.05) is 25.6 Å². The number of nitrogens with one attached hydrogen (secondary N) is 2. The zero-order valence-electron chi connectivity index (χ0n) is 14.2. The molecule has 26 heavy (non-hydrogen) atoms. The number of nitrogens with zero attached hydrogens (tertiary/aromatic N) is 2. The third-order valence-electron chi connectivity index (χ3n) is 4.00. The maximum atomic E-state index is 12.5. The van der Waals surface area contributed by atoms with Crippen LogP contribution in [-0.2, 0) is 27.7 Å². The Labute approximate surface area is 156 Å². The lowest BCUT2D eigenvalue weighted by atomic mass is 10.2. The molecule has 1 amide bonds. The fraction of sp³-hybridized carbons (Fsp3) is 0.375. The van der Waals surface area contributed by atoms with Crippen LogP contribution in [0.3, 0.4) is 0 Å². The summed E-state index contributed by atoms with van der Waals surface area (Å²) in [6, 6.07) is 5.79. The zero-order chi connectivity index (χ0) is 18.7. The summed E-state index contributed by atoms with van der Waals surface area (Å²) in [5.41, 5.74) is 1.12. The number of hydrogen-bond acceptors (Lipinski definition) is 5. The van der Waals surface area contributed by atoms with Crippen LogP contribution in [0.1, 0.15) is 22.5 Å². The molecule has 0 fully saturated rings. The molecule has 140 valence electrons. The highest BCUT2D eigenvalue weighted by Gasteiger charge is 2.20. The molecule has 1 aromatic carbocycles. The van der Waals surface area contributed by atoms with E-state index in [1.54, 1.807) is 0 Å². The highest BCUT2D eigenvalue weighted by molar-refractivity contribution is 7.89. The van der Waals surface area contributed by atoms with E-state index in [1.165, 1.54) is 25.3 Å². The number of sulfonamides is 1. The van der Waals surface area contributed by atoms with Crippen LogP contribution < -0.4 is 10.0 Å². The molecule has 3 rings (SSSR count). The number of carbonyl (C=O) groups is 1. The molecular weight excluding hydrogens is 380 g/mol. The van der Waals surface area contributed by atoms with Gasteiger partial charge in [-0.3, -0.25) is 9.48 Å². The Morgan fingerprint density at radius 3 is 2.92 bits per heavy atom. The number of methoxy groups -OCH3 is 1. The molecule has 2 aromatic rings. The predicted molar refractivity (Wildman–Crippen MR) is 97.0 cm³/mol. The van der Waals surface area contributed by atoms with Gasteiger partial charge in [0.25, 0.3) is 5.91 Å². The fourth-order valence-corrected chi connectivity index (χ4v) is 3.95. The second-order valence-electron chi connectivity index (χ2n) is 5.83. The molecule has 1 aromatic heterocycles. The van der Waals surface area contributed by atoms with Crippen LogP contribution in [0.4, 0.5) is 5.82 Å². The number of amides is 1. The van der Waals surface area contributed by atoms with Crippen molar-refractivity contribution in [2.24, 2.45) is 0 Å². The van der Waals surface area contributed by atoms with Crippen molar-refractivity contribution < 1.29 is 17.9 Å². The number of hydrogen-bond donors (Lipinski definition) is 2. The van der Waals surface area contributed by atoms with Gasteiger partial charge in [0, 0.05) is 32.0 Å². The van der Waals surface area contributed by atoms with Crippen molar-refractivity contribution >= 4 is 33.3 Å². The number of rotatable bonds is 7. The van der Waals surface area contributed by atoms with Crippen LogP contribution >= 0.6 is 11.6 Å². The van der Waals surface area contributed by atoms with Crippen LogP contribution in [0.2, 0.25) is 5.02 Å².